The molecule has 0 saturated heterocycles. The number of rotatable bonds is 8. The van der Waals surface area contributed by atoms with Gasteiger partial charge in [-0.25, -0.2) is 0 Å². The first kappa shape index (κ1) is 17.2. The number of carbonyl (C=O) groups excluding carboxylic acids is 1. The second kappa shape index (κ2) is 7.81. The molecule has 1 atom stereocenters. The van der Waals surface area contributed by atoms with Crippen LogP contribution in [0.1, 0.15) is 52.0 Å². The summed E-state index contributed by atoms with van der Waals surface area (Å²) in [4.78, 5) is 23.3. The number of aliphatic carboxylic acids is 1. The van der Waals surface area contributed by atoms with E-state index in [1.165, 1.54) is 0 Å². The summed E-state index contributed by atoms with van der Waals surface area (Å²) in [7, 11) is 0. The van der Waals surface area contributed by atoms with E-state index < -0.39 is 11.4 Å². The monoisotopic (exact) mass is 291 g/mol. The van der Waals surface area contributed by atoms with Crippen LogP contribution in [0.4, 0.5) is 0 Å². The van der Waals surface area contributed by atoms with Crippen molar-refractivity contribution in [3.63, 3.8) is 0 Å². The third-order valence-electron chi connectivity index (χ3n) is 4.14. The number of carbonyl (C=O) groups is 2. The van der Waals surface area contributed by atoms with Crippen LogP contribution < -0.4 is 5.32 Å². The second-order valence-corrected chi connectivity index (χ2v) is 5.46. The van der Waals surface area contributed by atoms with E-state index >= 15 is 0 Å². The van der Waals surface area contributed by atoms with Crippen molar-refractivity contribution in [3.8, 4) is 0 Å². The van der Waals surface area contributed by atoms with Crippen molar-refractivity contribution < 1.29 is 14.7 Å². The van der Waals surface area contributed by atoms with Crippen LogP contribution in [-0.4, -0.2) is 23.0 Å². The molecule has 1 aromatic rings. The van der Waals surface area contributed by atoms with Crippen molar-refractivity contribution in [2.45, 2.75) is 57.9 Å². The average Bonchev–Trinajstić information content (AvgIpc) is 2.48. The van der Waals surface area contributed by atoms with Gasteiger partial charge >= 0.3 is 5.97 Å². The van der Waals surface area contributed by atoms with Gasteiger partial charge in [0.2, 0.25) is 5.91 Å². The SMILES string of the molecule is CCC(CC)(C(=O)NC(C)CCC(=O)O)c1ccccc1. The maximum atomic E-state index is 12.7. The average molecular weight is 291 g/mol. The molecule has 0 fully saturated rings. The molecule has 0 radical (unpaired) electrons. The molecule has 2 N–H and O–H groups in total. The van der Waals surface area contributed by atoms with Gasteiger partial charge in [-0.2, -0.15) is 0 Å². The van der Waals surface area contributed by atoms with Crippen LogP contribution in [0, 0.1) is 0 Å². The first-order valence-electron chi connectivity index (χ1n) is 7.54. The largest absolute Gasteiger partial charge is 0.481 e. The molecule has 21 heavy (non-hydrogen) atoms. The Bertz CT molecular complexity index is 466. The Morgan fingerprint density at radius 1 is 1.19 bits per heavy atom. The normalized spacial score (nSPS) is 12.7. The van der Waals surface area contributed by atoms with E-state index in [4.69, 9.17) is 5.11 Å². The van der Waals surface area contributed by atoms with Crippen LogP contribution in [0.15, 0.2) is 30.3 Å². The first-order chi connectivity index (χ1) is 9.96. The van der Waals surface area contributed by atoms with Crippen LogP contribution >= 0.6 is 0 Å². The zero-order valence-electron chi connectivity index (χ0n) is 13.1. The molecule has 0 aromatic heterocycles. The molecule has 116 valence electrons. The van der Waals surface area contributed by atoms with E-state index in [1.54, 1.807) is 0 Å². The molecule has 0 spiro atoms. The second-order valence-electron chi connectivity index (χ2n) is 5.46. The number of hydrogen-bond acceptors (Lipinski definition) is 2. The Balaban J connectivity index is 2.86. The molecule has 1 aromatic carbocycles. The van der Waals surface area contributed by atoms with Gasteiger partial charge in [-0.1, -0.05) is 44.2 Å². The lowest BCUT2D eigenvalue weighted by atomic mass is 9.75. The first-order valence-corrected chi connectivity index (χ1v) is 7.54. The smallest absolute Gasteiger partial charge is 0.303 e. The maximum absolute atomic E-state index is 12.7. The molecule has 1 amide bonds. The molecule has 1 unspecified atom stereocenters. The highest BCUT2D eigenvalue weighted by Crippen LogP contribution is 2.32. The predicted octanol–water partition coefficient (Wildman–Crippen LogP) is 3.11. The summed E-state index contributed by atoms with van der Waals surface area (Å²) < 4.78 is 0. The third kappa shape index (κ3) is 4.31. The van der Waals surface area contributed by atoms with E-state index in [0.717, 1.165) is 5.56 Å². The topological polar surface area (TPSA) is 66.4 Å². The summed E-state index contributed by atoms with van der Waals surface area (Å²) in [6.07, 6.45) is 1.94. The number of amides is 1. The molecule has 0 aliphatic heterocycles. The molecule has 0 aliphatic rings. The zero-order chi connectivity index (χ0) is 15.9. The maximum Gasteiger partial charge on any atom is 0.303 e. The summed E-state index contributed by atoms with van der Waals surface area (Å²) >= 11 is 0. The van der Waals surface area contributed by atoms with Gasteiger partial charge in [0.05, 0.1) is 5.41 Å². The molecule has 4 nitrogen and oxygen atoms in total. The molecule has 4 heteroatoms. The summed E-state index contributed by atoms with van der Waals surface area (Å²) in [6, 6.07) is 9.64. The summed E-state index contributed by atoms with van der Waals surface area (Å²) in [5, 5.41) is 11.7. The zero-order valence-corrected chi connectivity index (χ0v) is 13.1. The van der Waals surface area contributed by atoms with Crippen molar-refractivity contribution in [2.75, 3.05) is 0 Å². The molecular weight excluding hydrogens is 266 g/mol. The number of nitrogens with one attached hydrogen (secondary N) is 1. The third-order valence-corrected chi connectivity index (χ3v) is 4.14. The van der Waals surface area contributed by atoms with Crippen LogP contribution in [0.5, 0.6) is 0 Å². The van der Waals surface area contributed by atoms with Crippen molar-refractivity contribution in [1.29, 1.82) is 0 Å². The number of hydrogen-bond donors (Lipinski definition) is 2. The fourth-order valence-corrected chi connectivity index (χ4v) is 2.64. The Hall–Kier alpha value is -1.84. The number of carboxylic acid groups (broad SMARTS) is 1. The molecule has 0 saturated carbocycles. The fourth-order valence-electron chi connectivity index (χ4n) is 2.64. The minimum Gasteiger partial charge on any atom is -0.481 e. The van der Waals surface area contributed by atoms with Crippen molar-refractivity contribution in [1.82, 2.24) is 5.32 Å². The lowest BCUT2D eigenvalue weighted by Crippen LogP contribution is -2.47. The summed E-state index contributed by atoms with van der Waals surface area (Å²) in [5.41, 5.74) is 0.469. The molecule has 0 aliphatic carbocycles. The van der Waals surface area contributed by atoms with Gasteiger partial charge < -0.3 is 10.4 Å². The highest BCUT2D eigenvalue weighted by Gasteiger charge is 2.37. The number of carboxylic acids is 1. The lowest BCUT2D eigenvalue weighted by Gasteiger charge is -2.32. The standard InChI is InChI=1S/C17H25NO3/c1-4-17(5-2,14-9-7-6-8-10-14)16(21)18-13(3)11-12-15(19)20/h6-10,13H,4-5,11-12H2,1-3H3,(H,18,21)(H,19,20). The highest BCUT2D eigenvalue weighted by molar-refractivity contribution is 5.88. The van der Waals surface area contributed by atoms with Crippen molar-refractivity contribution in [3.05, 3.63) is 35.9 Å². The Morgan fingerprint density at radius 2 is 1.76 bits per heavy atom. The van der Waals surface area contributed by atoms with Gasteiger partial charge in [0.25, 0.3) is 0 Å². The lowest BCUT2D eigenvalue weighted by molar-refractivity contribution is -0.137. The Labute approximate surface area is 126 Å². The van der Waals surface area contributed by atoms with Crippen molar-refractivity contribution >= 4 is 11.9 Å². The van der Waals surface area contributed by atoms with Gasteiger partial charge in [0.15, 0.2) is 0 Å². The highest BCUT2D eigenvalue weighted by atomic mass is 16.4. The number of benzene rings is 1. The van der Waals surface area contributed by atoms with Crippen LogP contribution in [-0.2, 0) is 15.0 Å². The molecule has 0 heterocycles. The van der Waals surface area contributed by atoms with E-state index in [-0.39, 0.29) is 18.4 Å². The van der Waals surface area contributed by atoms with E-state index in [0.29, 0.717) is 19.3 Å². The quantitative estimate of drug-likeness (QED) is 0.773. The van der Waals surface area contributed by atoms with Gasteiger partial charge in [-0.15, -0.1) is 0 Å². The van der Waals surface area contributed by atoms with E-state index in [2.05, 4.69) is 5.32 Å². The van der Waals surface area contributed by atoms with Crippen molar-refractivity contribution in [2.24, 2.45) is 0 Å². The predicted molar refractivity (Wildman–Crippen MR) is 83.2 cm³/mol. The Morgan fingerprint density at radius 3 is 2.24 bits per heavy atom. The summed E-state index contributed by atoms with van der Waals surface area (Å²) in [6.45, 7) is 5.87. The van der Waals surface area contributed by atoms with Crippen LogP contribution in [0.25, 0.3) is 0 Å². The Kier molecular flexibility index (Phi) is 6.40. The molecular formula is C17H25NO3. The van der Waals surface area contributed by atoms with Gasteiger partial charge in [-0.3, -0.25) is 9.59 Å². The minimum absolute atomic E-state index is 0.0170. The summed E-state index contributed by atoms with van der Waals surface area (Å²) in [5.74, 6) is -0.854. The van der Waals surface area contributed by atoms with E-state index in [9.17, 15) is 9.59 Å². The fraction of sp³-hybridized carbons (Fsp3) is 0.529. The molecule has 1 rings (SSSR count). The van der Waals surface area contributed by atoms with Gasteiger partial charge in [0.1, 0.15) is 0 Å². The minimum atomic E-state index is -0.837. The van der Waals surface area contributed by atoms with Crippen LogP contribution in [0.2, 0.25) is 0 Å². The van der Waals surface area contributed by atoms with Gasteiger partial charge in [0, 0.05) is 12.5 Å². The van der Waals surface area contributed by atoms with E-state index in [1.807, 2.05) is 51.1 Å². The molecule has 0 bridgehead atoms. The van der Waals surface area contributed by atoms with Crippen LogP contribution in [0.3, 0.4) is 0 Å². The van der Waals surface area contributed by atoms with Gasteiger partial charge in [-0.05, 0) is 31.7 Å².